The topological polar surface area (TPSA) is 28.4 Å². The normalized spacial score (nSPS) is 22.6. The molecule has 2 rings (SSSR count). The van der Waals surface area contributed by atoms with Crippen LogP contribution in [0.2, 0.25) is 0 Å². The van der Waals surface area contributed by atoms with Crippen molar-refractivity contribution < 1.29 is 4.42 Å². The lowest BCUT2D eigenvalue weighted by atomic mass is 9.97. The summed E-state index contributed by atoms with van der Waals surface area (Å²) < 4.78 is 5.56. The summed E-state index contributed by atoms with van der Waals surface area (Å²) in [7, 11) is 0. The van der Waals surface area contributed by atoms with E-state index in [-0.39, 0.29) is 0 Å². The van der Waals surface area contributed by atoms with E-state index in [0.29, 0.717) is 12.1 Å². The standard InChI is InChI=1S/C15H26N2O/c1-12(2)17(11-14-6-4-8-16-10-14)13(3)15-7-5-9-18-15/h5,7,9,12-14,16H,4,6,8,10-11H2,1-3H3. The molecule has 3 heteroatoms. The Bertz CT molecular complexity index is 328. The molecule has 1 aromatic heterocycles. The van der Waals surface area contributed by atoms with Gasteiger partial charge < -0.3 is 9.73 Å². The van der Waals surface area contributed by atoms with E-state index in [4.69, 9.17) is 4.42 Å². The largest absolute Gasteiger partial charge is 0.468 e. The van der Waals surface area contributed by atoms with Crippen LogP contribution in [0, 0.1) is 5.92 Å². The molecule has 0 amide bonds. The SMILES string of the molecule is CC(C)N(CC1CCCNC1)C(C)c1ccco1. The Kier molecular flexibility index (Phi) is 4.84. The van der Waals surface area contributed by atoms with Crippen molar-refractivity contribution in [2.45, 2.75) is 45.7 Å². The highest BCUT2D eigenvalue weighted by Gasteiger charge is 2.24. The van der Waals surface area contributed by atoms with Crippen LogP contribution < -0.4 is 5.32 Å². The lowest BCUT2D eigenvalue weighted by Crippen LogP contribution is -2.42. The molecule has 2 heterocycles. The molecule has 0 bridgehead atoms. The van der Waals surface area contributed by atoms with Gasteiger partial charge in [0.15, 0.2) is 0 Å². The number of nitrogens with one attached hydrogen (secondary N) is 1. The molecule has 1 saturated heterocycles. The van der Waals surface area contributed by atoms with E-state index in [9.17, 15) is 0 Å². The molecular formula is C15H26N2O. The summed E-state index contributed by atoms with van der Waals surface area (Å²) in [5.74, 6) is 1.85. The maximum atomic E-state index is 5.56. The van der Waals surface area contributed by atoms with Gasteiger partial charge in [-0.25, -0.2) is 0 Å². The van der Waals surface area contributed by atoms with Gasteiger partial charge in [0.25, 0.3) is 0 Å². The molecule has 2 atom stereocenters. The van der Waals surface area contributed by atoms with Crippen molar-refractivity contribution in [3.05, 3.63) is 24.2 Å². The van der Waals surface area contributed by atoms with E-state index in [1.54, 1.807) is 6.26 Å². The highest BCUT2D eigenvalue weighted by molar-refractivity contribution is 5.04. The second-order valence-electron chi connectivity index (χ2n) is 5.69. The van der Waals surface area contributed by atoms with Gasteiger partial charge in [0, 0.05) is 12.6 Å². The third kappa shape index (κ3) is 3.36. The highest BCUT2D eigenvalue weighted by Crippen LogP contribution is 2.25. The molecule has 1 aliphatic heterocycles. The van der Waals surface area contributed by atoms with Gasteiger partial charge in [-0.1, -0.05) is 0 Å². The van der Waals surface area contributed by atoms with Crippen molar-refractivity contribution in [3.63, 3.8) is 0 Å². The van der Waals surface area contributed by atoms with Gasteiger partial charge in [0.2, 0.25) is 0 Å². The average Bonchev–Trinajstić information content (AvgIpc) is 2.90. The highest BCUT2D eigenvalue weighted by atomic mass is 16.3. The van der Waals surface area contributed by atoms with Crippen LogP contribution in [0.1, 0.15) is 45.4 Å². The summed E-state index contributed by atoms with van der Waals surface area (Å²) in [6.07, 6.45) is 4.43. The van der Waals surface area contributed by atoms with Crippen molar-refractivity contribution in [1.82, 2.24) is 10.2 Å². The summed E-state index contributed by atoms with van der Waals surface area (Å²) in [5.41, 5.74) is 0. The zero-order chi connectivity index (χ0) is 13.0. The Labute approximate surface area is 111 Å². The van der Waals surface area contributed by atoms with Crippen molar-refractivity contribution in [2.75, 3.05) is 19.6 Å². The molecule has 0 aromatic carbocycles. The molecule has 0 saturated carbocycles. The van der Waals surface area contributed by atoms with Crippen LogP contribution in [0.5, 0.6) is 0 Å². The third-order valence-corrected chi connectivity index (χ3v) is 3.98. The number of piperidine rings is 1. The molecule has 0 radical (unpaired) electrons. The summed E-state index contributed by atoms with van der Waals surface area (Å²) in [5, 5.41) is 3.50. The average molecular weight is 250 g/mol. The quantitative estimate of drug-likeness (QED) is 0.870. The van der Waals surface area contributed by atoms with Crippen LogP contribution >= 0.6 is 0 Å². The van der Waals surface area contributed by atoms with Gasteiger partial charge >= 0.3 is 0 Å². The van der Waals surface area contributed by atoms with Gasteiger partial charge in [0.05, 0.1) is 12.3 Å². The Morgan fingerprint density at radius 2 is 2.28 bits per heavy atom. The molecule has 1 aliphatic rings. The molecule has 1 fully saturated rings. The number of nitrogens with zero attached hydrogens (tertiary/aromatic N) is 1. The molecule has 3 nitrogen and oxygen atoms in total. The monoisotopic (exact) mass is 250 g/mol. The molecule has 18 heavy (non-hydrogen) atoms. The molecular weight excluding hydrogens is 224 g/mol. The van der Waals surface area contributed by atoms with Crippen LogP contribution in [0.25, 0.3) is 0 Å². The van der Waals surface area contributed by atoms with E-state index in [0.717, 1.165) is 24.8 Å². The maximum absolute atomic E-state index is 5.56. The second kappa shape index (κ2) is 6.39. The van der Waals surface area contributed by atoms with Gasteiger partial charge in [-0.3, -0.25) is 4.90 Å². The minimum atomic E-state index is 0.363. The maximum Gasteiger partial charge on any atom is 0.120 e. The zero-order valence-corrected chi connectivity index (χ0v) is 11.9. The van der Waals surface area contributed by atoms with E-state index in [2.05, 4.69) is 37.1 Å². The number of hydrogen-bond donors (Lipinski definition) is 1. The summed E-state index contributed by atoms with van der Waals surface area (Å²) in [4.78, 5) is 2.55. The zero-order valence-electron chi connectivity index (χ0n) is 11.9. The predicted octanol–water partition coefficient (Wildman–Crippen LogP) is 3.05. The van der Waals surface area contributed by atoms with Crippen LogP contribution in [-0.4, -0.2) is 30.6 Å². The lowest BCUT2D eigenvalue weighted by molar-refractivity contribution is 0.114. The van der Waals surface area contributed by atoms with Crippen molar-refractivity contribution in [2.24, 2.45) is 5.92 Å². The minimum Gasteiger partial charge on any atom is -0.468 e. The summed E-state index contributed by atoms with van der Waals surface area (Å²) in [6.45, 7) is 10.3. The molecule has 1 N–H and O–H groups in total. The molecule has 2 unspecified atom stereocenters. The number of hydrogen-bond acceptors (Lipinski definition) is 3. The Morgan fingerprint density at radius 1 is 1.44 bits per heavy atom. The number of rotatable bonds is 5. The van der Waals surface area contributed by atoms with Gasteiger partial charge in [-0.05, 0) is 64.8 Å². The fraction of sp³-hybridized carbons (Fsp3) is 0.733. The van der Waals surface area contributed by atoms with Crippen molar-refractivity contribution in [1.29, 1.82) is 0 Å². The molecule has 0 spiro atoms. The first kappa shape index (κ1) is 13.6. The van der Waals surface area contributed by atoms with Crippen LogP contribution in [0.4, 0.5) is 0 Å². The minimum absolute atomic E-state index is 0.363. The van der Waals surface area contributed by atoms with Gasteiger partial charge in [0.1, 0.15) is 5.76 Å². The molecule has 0 aliphatic carbocycles. The Balaban J connectivity index is 1.98. The van der Waals surface area contributed by atoms with Crippen molar-refractivity contribution >= 4 is 0 Å². The van der Waals surface area contributed by atoms with Gasteiger partial charge in [-0.15, -0.1) is 0 Å². The predicted molar refractivity (Wildman–Crippen MR) is 74.6 cm³/mol. The Morgan fingerprint density at radius 3 is 2.83 bits per heavy atom. The smallest absolute Gasteiger partial charge is 0.120 e. The van der Waals surface area contributed by atoms with Crippen LogP contribution in [-0.2, 0) is 0 Å². The fourth-order valence-electron chi connectivity index (χ4n) is 2.89. The van der Waals surface area contributed by atoms with E-state index in [1.807, 2.05) is 6.07 Å². The third-order valence-electron chi connectivity index (χ3n) is 3.98. The lowest BCUT2D eigenvalue weighted by Gasteiger charge is -2.36. The van der Waals surface area contributed by atoms with E-state index in [1.165, 1.54) is 19.4 Å². The van der Waals surface area contributed by atoms with E-state index < -0.39 is 0 Å². The first-order valence-electron chi connectivity index (χ1n) is 7.18. The second-order valence-corrected chi connectivity index (χ2v) is 5.69. The molecule has 102 valence electrons. The fourth-order valence-corrected chi connectivity index (χ4v) is 2.89. The first-order chi connectivity index (χ1) is 8.68. The molecule has 1 aromatic rings. The number of furan rings is 1. The van der Waals surface area contributed by atoms with Crippen molar-refractivity contribution in [3.8, 4) is 0 Å². The first-order valence-corrected chi connectivity index (χ1v) is 7.18. The summed E-state index contributed by atoms with van der Waals surface area (Å²) in [6, 6.07) is 4.97. The van der Waals surface area contributed by atoms with Gasteiger partial charge in [-0.2, -0.15) is 0 Å². The van der Waals surface area contributed by atoms with E-state index >= 15 is 0 Å². The van der Waals surface area contributed by atoms with Crippen LogP contribution in [0.15, 0.2) is 22.8 Å². The van der Waals surface area contributed by atoms with Crippen LogP contribution in [0.3, 0.4) is 0 Å². The Hall–Kier alpha value is -0.800. The summed E-state index contributed by atoms with van der Waals surface area (Å²) >= 11 is 0.